The first-order chi connectivity index (χ1) is 24.7. The van der Waals surface area contributed by atoms with Crippen LogP contribution < -0.4 is 30.2 Å². The van der Waals surface area contributed by atoms with Crippen LogP contribution in [0.3, 0.4) is 0 Å². The molecule has 5 rings (SSSR count). The molecular weight excluding hydrogens is 686 g/mol. The van der Waals surface area contributed by atoms with E-state index in [1.807, 2.05) is 49.4 Å². The molecule has 3 N–H and O–H groups in total. The van der Waals surface area contributed by atoms with Crippen LogP contribution in [-0.4, -0.2) is 39.1 Å². The summed E-state index contributed by atoms with van der Waals surface area (Å²) in [6, 6.07) is 33.8. The van der Waals surface area contributed by atoms with Gasteiger partial charge in [0, 0.05) is 32.8 Å². The van der Waals surface area contributed by atoms with Crippen LogP contribution in [-0.2, 0) is 9.59 Å². The minimum Gasteiger partial charge on any atom is -0.495 e. The molecule has 3 amide bonds. The molecule has 260 valence electrons. The van der Waals surface area contributed by atoms with Crippen molar-refractivity contribution in [3.63, 3.8) is 0 Å². The molecule has 51 heavy (non-hydrogen) atoms. The molecule has 0 fully saturated rings. The van der Waals surface area contributed by atoms with Gasteiger partial charge >= 0.3 is 0 Å². The minimum absolute atomic E-state index is 0.0115. The highest BCUT2D eigenvalue weighted by atomic mass is 35.5. The standard InChI is InChI=1S/C40H36ClN3O6S/c1-25-22-32(35(49-3)24-31(25)41)43-40(47)37(26-12-7-5-8-13-26)51-30-20-18-29(19-21-30)42-39(46)33(44-38(45)27-14-9-6-10-15-27)23-28-16-11-17-34(48-2)36(28)50-4/h5-24,37H,1-4H3,(H,42,46)(H,43,47)(H,44,45)/b33-23-. The van der Waals surface area contributed by atoms with Gasteiger partial charge in [0.1, 0.15) is 16.7 Å². The molecular formula is C40H36ClN3O6S. The number of methoxy groups -OCH3 is 3. The van der Waals surface area contributed by atoms with Gasteiger partial charge in [-0.1, -0.05) is 72.3 Å². The number of halogens is 1. The quantitative estimate of drug-likeness (QED) is 0.0825. The smallest absolute Gasteiger partial charge is 0.272 e. The van der Waals surface area contributed by atoms with Crippen LogP contribution in [0, 0.1) is 6.92 Å². The van der Waals surface area contributed by atoms with Gasteiger partial charge in [-0.2, -0.15) is 0 Å². The second kappa shape index (κ2) is 17.3. The van der Waals surface area contributed by atoms with Crippen molar-refractivity contribution < 1.29 is 28.6 Å². The van der Waals surface area contributed by atoms with Gasteiger partial charge in [-0.3, -0.25) is 14.4 Å². The van der Waals surface area contributed by atoms with E-state index in [0.29, 0.717) is 44.8 Å². The molecule has 5 aromatic rings. The first-order valence-corrected chi connectivity index (χ1v) is 17.0. The van der Waals surface area contributed by atoms with Crippen LogP contribution in [0.15, 0.2) is 126 Å². The van der Waals surface area contributed by atoms with Gasteiger partial charge in [0.05, 0.1) is 27.0 Å². The summed E-state index contributed by atoms with van der Waals surface area (Å²) in [7, 11) is 4.54. The molecule has 11 heteroatoms. The lowest BCUT2D eigenvalue weighted by atomic mass is 10.1. The molecule has 1 unspecified atom stereocenters. The van der Waals surface area contributed by atoms with Crippen molar-refractivity contribution in [1.82, 2.24) is 5.32 Å². The van der Waals surface area contributed by atoms with E-state index in [1.165, 1.54) is 39.2 Å². The number of carbonyl (C=O) groups excluding carboxylic acids is 3. The largest absolute Gasteiger partial charge is 0.495 e. The van der Waals surface area contributed by atoms with E-state index in [0.717, 1.165) is 16.0 Å². The average molecular weight is 722 g/mol. The normalized spacial score (nSPS) is 11.6. The first kappa shape index (κ1) is 36.6. The number of anilines is 2. The molecule has 0 aliphatic carbocycles. The number of ether oxygens (including phenoxy) is 3. The highest BCUT2D eigenvalue weighted by Gasteiger charge is 2.24. The second-order valence-corrected chi connectivity index (χ2v) is 12.7. The maximum Gasteiger partial charge on any atom is 0.272 e. The van der Waals surface area contributed by atoms with E-state index in [2.05, 4.69) is 16.0 Å². The lowest BCUT2D eigenvalue weighted by Gasteiger charge is -2.19. The van der Waals surface area contributed by atoms with Gasteiger partial charge < -0.3 is 30.2 Å². The maximum atomic E-state index is 13.8. The van der Waals surface area contributed by atoms with Crippen molar-refractivity contribution in [2.45, 2.75) is 17.1 Å². The van der Waals surface area contributed by atoms with Crippen LogP contribution >= 0.6 is 23.4 Å². The number of thioether (sulfide) groups is 1. The Labute approximate surface area is 306 Å². The number of benzene rings is 5. The number of hydrogen-bond acceptors (Lipinski definition) is 7. The Morgan fingerprint density at radius 3 is 2.06 bits per heavy atom. The van der Waals surface area contributed by atoms with E-state index in [4.69, 9.17) is 25.8 Å². The third kappa shape index (κ3) is 9.30. The Hall–Kier alpha value is -5.71. The molecule has 0 aliphatic heterocycles. The van der Waals surface area contributed by atoms with E-state index < -0.39 is 17.1 Å². The van der Waals surface area contributed by atoms with Crippen LogP contribution in [0.5, 0.6) is 17.2 Å². The summed E-state index contributed by atoms with van der Waals surface area (Å²) in [4.78, 5) is 41.4. The topological polar surface area (TPSA) is 115 Å². The van der Waals surface area contributed by atoms with Gasteiger partial charge in [0.25, 0.3) is 11.8 Å². The molecule has 0 radical (unpaired) electrons. The van der Waals surface area contributed by atoms with Crippen molar-refractivity contribution in [2.75, 3.05) is 32.0 Å². The Bertz CT molecular complexity index is 2040. The first-order valence-electron chi connectivity index (χ1n) is 15.8. The number of amides is 3. The highest BCUT2D eigenvalue weighted by Crippen LogP contribution is 2.39. The highest BCUT2D eigenvalue weighted by molar-refractivity contribution is 8.00. The molecule has 1 atom stereocenters. The van der Waals surface area contributed by atoms with Crippen LogP contribution in [0.2, 0.25) is 5.02 Å². The summed E-state index contributed by atoms with van der Waals surface area (Å²) in [5.74, 6) is 0.0655. The van der Waals surface area contributed by atoms with Gasteiger partial charge in [-0.15, -0.1) is 11.8 Å². The Balaban J connectivity index is 1.38. The lowest BCUT2D eigenvalue weighted by molar-refractivity contribution is -0.116. The minimum atomic E-state index is -0.618. The summed E-state index contributed by atoms with van der Waals surface area (Å²) in [6.45, 7) is 1.85. The Morgan fingerprint density at radius 2 is 1.41 bits per heavy atom. The Kier molecular flexibility index (Phi) is 12.4. The predicted octanol–water partition coefficient (Wildman–Crippen LogP) is 8.56. The number of rotatable bonds is 13. The van der Waals surface area contributed by atoms with Crippen molar-refractivity contribution in [1.29, 1.82) is 0 Å². The predicted molar refractivity (Wildman–Crippen MR) is 203 cm³/mol. The second-order valence-electron chi connectivity index (χ2n) is 11.1. The fourth-order valence-electron chi connectivity index (χ4n) is 5.10. The van der Waals surface area contributed by atoms with Crippen molar-refractivity contribution in [3.8, 4) is 17.2 Å². The van der Waals surface area contributed by atoms with Gasteiger partial charge in [-0.05, 0) is 72.7 Å². The molecule has 9 nitrogen and oxygen atoms in total. The molecule has 0 spiro atoms. The summed E-state index contributed by atoms with van der Waals surface area (Å²) >= 11 is 7.63. The molecule has 0 heterocycles. The van der Waals surface area contributed by atoms with Crippen LogP contribution in [0.4, 0.5) is 11.4 Å². The zero-order valence-electron chi connectivity index (χ0n) is 28.4. The SMILES string of the molecule is COc1cc(Cl)c(C)cc1NC(=O)C(Sc1ccc(NC(=O)/C(=C/c2cccc(OC)c2OC)NC(=O)c2ccccc2)cc1)c1ccccc1. The van der Waals surface area contributed by atoms with E-state index in [1.54, 1.807) is 72.8 Å². The van der Waals surface area contributed by atoms with E-state index in [-0.39, 0.29) is 11.6 Å². The average Bonchev–Trinajstić information content (AvgIpc) is 3.15. The summed E-state index contributed by atoms with van der Waals surface area (Å²) in [6.07, 6.45) is 1.53. The zero-order chi connectivity index (χ0) is 36.3. The molecule has 0 saturated heterocycles. The summed E-state index contributed by atoms with van der Waals surface area (Å²) in [5.41, 5.74) is 3.49. The Morgan fingerprint density at radius 1 is 0.745 bits per heavy atom. The molecule has 0 aliphatic rings. The number of hydrogen-bond donors (Lipinski definition) is 3. The summed E-state index contributed by atoms with van der Waals surface area (Å²) in [5, 5.41) is 8.53. The van der Waals surface area contributed by atoms with Gasteiger partial charge in [0.2, 0.25) is 5.91 Å². The number of nitrogens with one attached hydrogen (secondary N) is 3. The van der Waals surface area contributed by atoms with Crippen molar-refractivity contribution >= 4 is 58.5 Å². The van der Waals surface area contributed by atoms with Crippen molar-refractivity contribution in [3.05, 3.63) is 148 Å². The van der Waals surface area contributed by atoms with Crippen LogP contribution in [0.25, 0.3) is 6.08 Å². The maximum absolute atomic E-state index is 13.8. The molecule has 5 aromatic carbocycles. The fraction of sp³-hybridized carbons (Fsp3) is 0.125. The lowest BCUT2D eigenvalue weighted by Crippen LogP contribution is -2.30. The number of para-hydroxylation sites is 1. The van der Waals surface area contributed by atoms with Gasteiger partial charge in [0.15, 0.2) is 11.5 Å². The summed E-state index contributed by atoms with van der Waals surface area (Å²) < 4.78 is 16.4. The van der Waals surface area contributed by atoms with Crippen molar-refractivity contribution in [2.24, 2.45) is 0 Å². The fourth-order valence-corrected chi connectivity index (χ4v) is 6.28. The van der Waals surface area contributed by atoms with Crippen LogP contribution in [0.1, 0.15) is 32.3 Å². The van der Waals surface area contributed by atoms with E-state index in [9.17, 15) is 14.4 Å². The molecule has 0 bridgehead atoms. The number of aryl methyl sites for hydroxylation is 1. The molecule has 0 aromatic heterocycles. The third-order valence-corrected chi connectivity index (χ3v) is 9.38. The molecule has 0 saturated carbocycles. The van der Waals surface area contributed by atoms with E-state index >= 15 is 0 Å². The third-order valence-electron chi connectivity index (χ3n) is 7.71. The van der Waals surface area contributed by atoms with Gasteiger partial charge in [-0.25, -0.2) is 0 Å². The zero-order valence-corrected chi connectivity index (χ0v) is 29.9. The monoisotopic (exact) mass is 721 g/mol. The number of carbonyl (C=O) groups is 3.